The molecular formula is C10H14FN3. The lowest BCUT2D eigenvalue weighted by molar-refractivity contribution is 0.566. The molecule has 1 aliphatic rings. The molecule has 0 amide bonds. The van der Waals surface area contributed by atoms with Crippen molar-refractivity contribution >= 4 is 5.82 Å². The van der Waals surface area contributed by atoms with Crippen LogP contribution in [0.25, 0.3) is 0 Å². The molecule has 1 fully saturated rings. The quantitative estimate of drug-likeness (QED) is 0.801. The van der Waals surface area contributed by atoms with Crippen molar-refractivity contribution in [1.29, 1.82) is 0 Å². The maximum atomic E-state index is 13.2. The van der Waals surface area contributed by atoms with E-state index in [-0.39, 0.29) is 5.54 Å². The van der Waals surface area contributed by atoms with Gasteiger partial charge in [-0.15, -0.1) is 0 Å². The number of aromatic nitrogens is 2. The van der Waals surface area contributed by atoms with Gasteiger partial charge in [0.1, 0.15) is 0 Å². The minimum absolute atomic E-state index is 0.103. The fraction of sp³-hybridized carbons (Fsp3) is 0.600. The predicted octanol–water partition coefficient (Wildman–Crippen LogP) is 2.36. The molecule has 1 aliphatic carbocycles. The molecule has 1 heterocycles. The fourth-order valence-corrected chi connectivity index (χ4v) is 1.72. The highest BCUT2D eigenvalue weighted by molar-refractivity contribution is 5.38. The van der Waals surface area contributed by atoms with Gasteiger partial charge in [0.15, 0.2) is 5.82 Å². The van der Waals surface area contributed by atoms with Gasteiger partial charge in [-0.3, -0.25) is 0 Å². The van der Waals surface area contributed by atoms with E-state index >= 15 is 0 Å². The van der Waals surface area contributed by atoms with Gasteiger partial charge in [0.05, 0.1) is 0 Å². The summed E-state index contributed by atoms with van der Waals surface area (Å²) in [6, 6.07) is 0. The molecule has 0 unspecified atom stereocenters. The SMILES string of the molecule is CCCC1(Nc2nccnc2F)CC1. The van der Waals surface area contributed by atoms with Gasteiger partial charge >= 0.3 is 0 Å². The van der Waals surface area contributed by atoms with Crippen LogP contribution in [0.15, 0.2) is 12.4 Å². The van der Waals surface area contributed by atoms with Crippen LogP contribution >= 0.6 is 0 Å². The Morgan fingerprint density at radius 2 is 2.14 bits per heavy atom. The lowest BCUT2D eigenvalue weighted by Gasteiger charge is -2.16. The second-order valence-electron chi connectivity index (χ2n) is 3.85. The topological polar surface area (TPSA) is 37.8 Å². The number of hydrogen-bond donors (Lipinski definition) is 1. The molecule has 3 nitrogen and oxygen atoms in total. The molecule has 0 spiro atoms. The Morgan fingerprint density at radius 3 is 2.71 bits per heavy atom. The minimum Gasteiger partial charge on any atom is -0.361 e. The van der Waals surface area contributed by atoms with Gasteiger partial charge in [0.25, 0.3) is 5.95 Å². The van der Waals surface area contributed by atoms with Crippen LogP contribution in [-0.2, 0) is 0 Å². The first-order valence-electron chi connectivity index (χ1n) is 5.00. The summed E-state index contributed by atoms with van der Waals surface area (Å²) in [6.07, 6.45) is 7.26. The second kappa shape index (κ2) is 3.52. The van der Waals surface area contributed by atoms with Crippen molar-refractivity contribution in [1.82, 2.24) is 9.97 Å². The Bertz CT molecular complexity index is 323. The maximum absolute atomic E-state index is 13.2. The number of hydrogen-bond acceptors (Lipinski definition) is 3. The van der Waals surface area contributed by atoms with Crippen molar-refractivity contribution in [3.05, 3.63) is 18.3 Å². The van der Waals surface area contributed by atoms with E-state index in [1.807, 2.05) is 0 Å². The summed E-state index contributed by atoms with van der Waals surface area (Å²) in [5, 5.41) is 3.15. The molecule has 4 heteroatoms. The first-order chi connectivity index (χ1) is 6.76. The fourth-order valence-electron chi connectivity index (χ4n) is 1.72. The van der Waals surface area contributed by atoms with Gasteiger partial charge in [-0.2, -0.15) is 4.39 Å². The Balaban J connectivity index is 2.07. The third kappa shape index (κ3) is 1.84. The second-order valence-corrected chi connectivity index (χ2v) is 3.85. The van der Waals surface area contributed by atoms with Gasteiger partial charge in [-0.25, -0.2) is 9.97 Å². The molecule has 1 N–H and O–H groups in total. The van der Waals surface area contributed by atoms with Crippen molar-refractivity contribution in [2.75, 3.05) is 5.32 Å². The summed E-state index contributed by atoms with van der Waals surface area (Å²) in [5.74, 6) is -0.215. The van der Waals surface area contributed by atoms with Crippen LogP contribution in [0.3, 0.4) is 0 Å². The standard InChI is InChI=1S/C10H14FN3/c1-2-3-10(4-5-10)14-9-8(11)12-6-7-13-9/h6-7H,2-5H2,1H3,(H,13,14). The first-order valence-corrected chi connectivity index (χ1v) is 5.00. The van der Waals surface area contributed by atoms with Crippen LogP contribution in [0.5, 0.6) is 0 Å². The summed E-state index contributed by atoms with van der Waals surface area (Å²) in [5.41, 5.74) is 0.103. The van der Waals surface area contributed by atoms with Crippen LogP contribution in [-0.4, -0.2) is 15.5 Å². The number of nitrogens with one attached hydrogen (secondary N) is 1. The van der Waals surface area contributed by atoms with Gasteiger partial charge in [0.2, 0.25) is 0 Å². The highest BCUT2D eigenvalue weighted by Gasteiger charge is 2.42. The third-order valence-electron chi connectivity index (χ3n) is 2.62. The van der Waals surface area contributed by atoms with E-state index in [0.29, 0.717) is 5.82 Å². The third-order valence-corrected chi connectivity index (χ3v) is 2.62. The lowest BCUT2D eigenvalue weighted by Crippen LogP contribution is -2.22. The van der Waals surface area contributed by atoms with E-state index in [4.69, 9.17) is 0 Å². The number of anilines is 1. The number of halogens is 1. The van der Waals surface area contributed by atoms with Crippen molar-refractivity contribution < 1.29 is 4.39 Å². The monoisotopic (exact) mass is 195 g/mol. The van der Waals surface area contributed by atoms with Gasteiger partial charge in [-0.1, -0.05) is 13.3 Å². The van der Waals surface area contributed by atoms with E-state index in [0.717, 1.165) is 25.7 Å². The summed E-state index contributed by atoms with van der Waals surface area (Å²) >= 11 is 0. The lowest BCUT2D eigenvalue weighted by atomic mass is 10.1. The Morgan fingerprint density at radius 1 is 1.43 bits per heavy atom. The molecule has 0 aliphatic heterocycles. The number of rotatable bonds is 4. The smallest absolute Gasteiger partial charge is 0.255 e. The Labute approximate surface area is 82.8 Å². The van der Waals surface area contributed by atoms with E-state index in [9.17, 15) is 4.39 Å². The van der Waals surface area contributed by atoms with E-state index in [1.165, 1.54) is 12.4 Å². The Kier molecular flexibility index (Phi) is 2.35. The molecule has 0 atom stereocenters. The molecule has 0 bridgehead atoms. The first kappa shape index (κ1) is 9.37. The van der Waals surface area contributed by atoms with Crippen LogP contribution < -0.4 is 5.32 Å². The van der Waals surface area contributed by atoms with Crippen molar-refractivity contribution in [3.8, 4) is 0 Å². The van der Waals surface area contributed by atoms with Gasteiger partial charge in [-0.05, 0) is 19.3 Å². The minimum atomic E-state index is -0.505. The average Bonchev–Trinajstić information content (AvgIpc) is 2.90. The number of nitrogens with zero attached hydrogens (tertiary/aromatic N) is 2. The molecule has 1 aromatic heterocycles. The average molecular weight is 195 g/mol. The molecule has 1 saturated carbocycles. The summed E-state index contributed by atoms with van der Waals surface area (Å²) in [4.78, 5) is 7.50. The summed E-state index contributed by atoms with van der Waals surface area (Å²) in [7, 11) is 0. The zero-order valence-corrected chi connectivity index (χ0v) is 8.26. The van der Waals surface area contributed by atoms with Crippen LogP contribution in [0.2, 0.25) is 0 Å². The molecular weight excluding hydrogens is 181 g/mol. The maximum Gasteiger partial charge on any atom is 0.255 e. The molecule has 1 aromatic rings. The molecule has 0 aromatic carbocycles. The van der Waals surface area contributed by atoms with E-state index < -0.39 is 5.95 Å². The van der Waals surface area contributed by atoms with Crippen LogP contribution in [0.1, 0.15) is 32.6 Å². The van der Waals surface area contributed by atoms with Crippen molar-refractivity contribution in [2.24, 2.45) is 0 Å². The summed E-state index contributed by atoms with van der Waals surface area (Å²) < 4.78 is 13.2. The highest BCUT2D eigenvalue weighted by Crippen LogP contribution is 2.42. The molecule has 76 valence electrons. The summed E-state index contributed by atoms with van der Waals surface area (Å²) in [6.45, 7) is 2.13. The van der Waals surface area contributed by atoms with Crippen LogP contribution in [0, 0.1) is 5.95 Å². The zero-order chi connectivity index (χ0) is 10.0. The van der Waals surface area contributed by atoms with Gasteiger partial charge in [0, 0.05) is 17.9 Å². The zero-order valence-electron chi connectivity index (χ0n) is 8.26. The molecule has 14 heavy (non-hydrogen) atoms. The molecule has 0 radical (unpaired) electrons. The van der Waals surface area contributed by atoms with Crippen molar-refractivity contribution in [3.63, 3.8) is 0 Å². The predicted molar refractivity (Wildman–Crippen MR) is 52.5 cm³/mol. The largest absolute Gasteiger partial charge is 0.361 e. The van der Waals surface area contributed by atoms with E-state index in [2.05, 4.69) is 22.2 Å². The van der Waals surface area contributed by atoms with Gasteiger partial charge < -0.3 is 5.32 Å². The van der Waals surface area contributed by atoms with Crippen molar-refractivity contribution in [2.45, 2.75) is 38.1 Å². The normalized spacial score (nSPS) is 17.9. The molecule has 0 saturated heterocycles. The van der Waals surface area contributed by atoms with Crippen LogP contribution in [0.4, 0.5) is 10.2 Å². The Hall–Kier alpha value is -1.19. The molecule has 2 rings (SSSR count). The highest BCUT2D eigenvalue weighted by atomic mass is 19.1. The van der Waals surface area contributed by atoms with E-state index in [1.54, 1.807) is 0 Å².